The maximum absolute atomic E-state index is 10.9. The van der Waals surface area contributed by atoms with Crippen LogP contribution in [0.1, 0.15) is 5.56 Å². The van der Waals surface area contributed by atoms with Gasteiger partial charge in [-0.2, -0.15) is 0 Å². The van der Waals surface area contributed by atoms with Crippen LogP contribution in [0.5, 0.6) is 5.75 Å². The zero-order chi connectivity index (χ0) is 11.3. The van der Waals surface area contributed by atoms with E-state index in [1.54, 1.807) is 13.2 Å². The molecule has 80 valence electrons. The van der Waals surface area contributed by atoms with E-state index in [2.05, 4.69) is 20.7 Å². The predicted octanol–water partition coefficient (Wildman–Crippen LogP) is 2.64. The van der Waals surface area contributed by atoms with Gasteiger partial charge in [-0.3, -0.25) is 0 Å². The highest BCUT2D eigenvalue weighted by Crippen LogP contribution is 2.23. The lowest BCUT2D eigenvalue weighted by molar-refractivity contribution is -0.134. The van der Waals surface area contributed by atoms with Crippen molar-refractivity contribution in [1.29, 1.82) is 0 Å². The van der Waals surface area contributed by atoms with Crippen LogP contribution in [0.3, 0.4) is 0 Å². The second-order valence-corrected chi connectivity index (χ2v) is 3.66. The SMILES string of the molecule is COC(=O)/C=C/c1cc(Br)ccc1OC. The van der Waals surface area contributed by atoms with E-state index in [-0.39, 0.29) is 0 Å². The molecule has 0 amide bonds. The fraction of sp³-hybridized carbons (Fsp3) is 0.182. The monoisotopic (exact) mass is 270 g/mol. The number of hydrogen-bond donors (Lipinski definition) is 0. The summed E-state index contributed by atoms with van der Waals surface area (Å²) < 4.78 is 10.6. The first-order chi connectivity index (χ1) is 7.17. The van der Waals surface area contributed by atoms with E-state index in [1.165, 1.54) is 13.2 Å². The molecule has 1 aromatic rings. The zero-order valence-electron chi connectivity index (χ0n) is 8.49. The number of methoxy groups -OCH3 is 2. The molecule has 15 heavy (non-hydrogen) atoms. The van der Waals surface area contributed by atoms with E-state index in [9.17, 15) is 4.79 Å². The number of esters is 1. The molecule has 1 rings (SSSR count). The maximum Gasteiger partial charge on any atom is 0.330 e. The number of rotatable bonds is 3. The first-order valence-corrected chi connectivity index (χ1v) is 5.06. The van der Waals surface area contributed by atoms with Crippen molar-refractivity contribution >= 4 is 28.0 Å². The quantitative estimate of drug-likeness (QED) is 0.626. The Labute approximate surface area is 96.8 Å². The molecular formula is C11H11BrO3. The van der Waals surface area contributed by atoms with Gasteiger partial charge in [0.1, 0.15) is 5.75 Å². The van der Waals surface area contributed by atoms with Crippen LogP contribution in [0, 0.1) is 0 Å². The van der Waals surface area contributed by atoms with Crippen LogP contribution in [0.2, 0.25) is 0 Å². The smallest absolute Gasteiger partial charge is 0.330 e. The number of carbonyl (C=O) groups is 1. The van der Waals surface area contributed by atoms with E-state index in [0.717, 1.165) is 10.0 Å². The van der Waals surface area contributed by atoms with Gasteiger partial charge in [-0.05, 0) is 24.3 Å². The molecule has 3 nitrogen and oxygen atoms in total. The molecule has 0 atom stereocenters. The van der Waals surface area contributed by atoms with Crippen LogP contribution in [0.25, 0.3) is 6.08 Å². The summed E-state index contributed by atoms with van der Waals surface area (Å²) in [5, 5.41) is 0. The molecule has 4 heteroatoms. The van der Waals surface area contributed by atoms with Crippen molar-refractivity contribution in [1.82, 2.24) is 0 Å². The Bertz CT molecular complexity index is 385. The summed E-state index contributed by atoms with van der Waals surface area (Å²) in [4.78, 5) is 10.9. The van der Waals surface area contributed by atoms with Crippen LogP contribution in [-0.4, -0.2) is 20.2 Å². The lowest BCUT2D eigenvalue weighted by Gasteiger charge is -2.04. The van der Waals surface area contributed by atoms with E-state index >= 15 is 0 Å². The number of carbonyl (C=O) groups excluding carboxylic acids is 1. The Kier molecular flexibility index (Phi) is 4.37. The molecule has 0 unspecified atom stereocenters. The average molecular weight is 271 g/mol. The number of hydrogen-bond acceptors (Lipinski definition) is 3. The highest BCUT2D eigenvalue weighted by atomic mass is 79.9. The highest BCUT2D eigenvalue weighted by Gasteiger charge is 2.00. The van der Waals surface area contributed by atoms with Crippen molar-refractivity contribution in [3.8, 4) is 5.75 Å². The third-order valence-corrected chi connectivity index (χ3v) is 2.29. The van der Waals surface area contributed by atoms with Gasteiger partial charge >= 0.3 is 5.97 Å². The molecule has 0 fully saturated rings. The Hall–Kier alpha value is -1.29. The van der Waals surface area contributed by atoms with E-state index in [1.807, 2.05) is 18.2 Å². The molecule has 0 N–H and O–H groups in total. The second-order valence-electron chi connectivity index (χ2n) is 2.74. The van der Waals surface area contributed by atoms with Crippen LogP contribution in [-0.2, 0) is 9.53 Å². The summed E-state index contributed by atoms with van der Waals surface area (Å²) in [6.07, 6.45) is 3.00. The lowest BCUT2D eigenvalue weighted by Crippen LogP contribution is -1.94. The largest absolute Gasteiger partial charge is 0.496 e. The Morgan fingerprint density at radius 2 is 2.13 bits per heavy atom. The van der Waals surface area contributed by atoms with Gasteiger partial charge in [-0.1, -0.05) is 15.9 Å². The Morgan fingerprint density at radius 3 is 2.73 bits per heavy atom. The first kappa shape index (κ1) is 11.8. The fourth-order valence-electron chi connectivity index (χ4n) is 1.06. The molecule has 0 saturated carbocycles. The standard InChI is InChI=1S/C11H11BrO3/c1-14-10-5-4-9(12)7-8(10)3-6-11(13)15-2/h3-7H,1-2H3/b6-3+. The highest BCUT2D eigenvalue weighted by molar-refractivity contribution is 9.10. The van der Waals surface area contributed by atoms with E-state index < -0.39 is 5.97 Å². The van der Waals surface area contributed by atoms with Gasteiger partial charge in [0.25, 0.3) is 0 Å². The van der Waals surface area contributed by atoms with Gasteiger partial charge in [-0.25, -0.2) is 4.79 Å². The van der Waals surface area contributed by atoms with Crippen molar-refractivity contribution in [2.45, 2.75) is 0 Å². The van der Waals surface area contributed by atoms with Crippen LogP contribution >= 0.6 is 15.9 Å². The van der Waals surface area contributed by atoms with Gasteiger partial charge in [0, 0.05) is 16.1 Å². The molecule has 0 bridgehead atoms. The fourth-order valence-corrected chi connectivity index (χ4v) is 1.44. The van der Waals surface area contributed by atoms with Crippen LogP contribution < -0.4 is 4.74 Å². The van der Waals surface area contributed by atoms with Crippen molar-refractivity contribution in [2.24, 2.45) is 0 Å². The van der Waals surface area contributed by atoms with Crippen LogP contribution in [0.4, 0.5) is 0 Å². The molecule has 0 spiro atoms. The van der Waals surface area contributed by atoms with E-state index in [4.69, 9.17) is 4.74 Å². The van der Waals surface area contributed by atoms with Gasteiger partial charge < -0.3 is 9.47 Å². The van der Waals surface area contributed by atoms with E-state index in [0.29, 0.717) is 5.75 Å². The zero-order valence-corrected chi connectivity index (χ0v) is 10.1. The lowest BCUT2D eigenvalue weighted by atomic mass is 10.2. The average Bonchev–Trinajstić information content (AvgIpc) is 2.26. The minimum atomic E-state index is -0.392. The third-order valence-electron chi connectivity index (χ3n) is 1.79. The van der Waals surface area contributed by atoms with Gasteiger partial charge in [0.2, 0.25) is 0 Å². The maximum atomic E-state index is 10.9. The Morgan fingerprint density at radius 1 is 1.40 bits per heavy atom. The predicted molar refractivity (Wildman–Crippen MR) is 61.7 cm³/mol. The molecule has 0 aromatic heterocycles. The summed E-state index contributed by atoms with van der Waals surface area (Å²) in [7, 11) is 2.92. The number of ether oxygens (including phenoxy) is 2. The Balaban J connectivity index is 2.96. The summed E-state index contributed by atoms with van der Waals surface area (Å²) >= 11 is 3.34. The normalized spacial score (nSPS) is 10.3. The summed E-state index contributed by atoms with van der Waals surface area (Å²) in [6, 6.07) is 5.55. The van der Waals surface area contributed by atoms with Crippen molar-refractivity contribution in [3.63, 3.8) is 0 Å². The topological polar surface area (TPSA) is 35.5 Å². The molecule has 0 aliphatic rings. The molecule has 0 radical (unpaired) electrons. The second kappa shape index (κ2) is 5.56. The van der Waals surface area contributed by atoms with Crippen molar-refractivity contribution in [3.05, 3.63) is 34.3 Å². The number of benzene rings is 1. The van der Waals surface area contributed by atoms with Crippen molar-refractivity contribution < 1.29 is 14.3 Å². The molecule has 1 aromatic carbocycles. The molecule has 0 aliphatic carbocycles. The molecule has 0 saturated heterocycles. The van der Waals surface area contributed by atoms with Crippen molar-refractivity contribution in [2.75, 3.05) is 14.2 Å². The number of halogens is 1. The first-order valence-electron chi connectivity index (χ1n) is 4.27. The minimum absolute atomic E-state index is 0.392. The summed E-state index contributed by atoms with van der Waals surface area (Å²) in [5.41, 5.74) is 0.817. The summed E-state index contributed by atoms with van der Waals surface area (Å²) in [6.45, 7) is 0. The molecule has 0 aliphatic heterocycles. The molecule has 0 heterocycles. The van der Waals surface area contributed by atoms with Gasteiger partial charge in [-0.15, -0.1) is 0 Å². The molecular weight excluding hydrogens is 260 g/mol. The van der Waals surface area contributed by atoms with Crippen LogP contribution in [0.15, 0.2) is 28.7 Å². The van der Waals surface area contributed by atoms with Gasteiger partial charge in [0.15, 0.2) is 0 Å². The third kappa shape index (κ3) is 3.40. The van der Waals surface area contributed by atoms with Gasteiger partial charge in [0.05, 0.1) is 14.2 Å². The summed E-state index contributed by atoms with van der Waals surface area (Å²) in [5.74, 6) is 0.315. The minimum Gasteiger partial charge on any atom is -0.496 e.